The summed E-state index contributed by atoms with van der Waals surface area (Å²) >= 11 is 13.2. The monoisotopic (exact) mass is 510 g/mol. The molecule has 34 heavy (non-hydrogen) atoms. The topological polar surface area (TPSA) is 85.5 Å². The fraction of sp³-hybridized carbons (Fsp3) is 0.731. The number of alkyl halides is 2. The zero-order valence-electron chi connectivity index (χ0n) is 20.1. The Morgan fingerprint density at radius 3 is 2.32 bits per heavy atom. The van der Waals surface area contributed by atoms with Crippen molar-refractivity contribution in [2.45, 2.75) is 75.4 Å². The van der Waals surface area contributed by atoms with Gasteiger partial charge >= 0.3 is 5.97 Å². The summed E-state index contributed by atoms with van der Waals surface area (Å²) in [5.74, 6) is -4.06. The Kier molecular flexibility index (Phi) is 5.87. The van der Waals surface area contributed by atoms with Crippen LogP contribution in [0.4, 0.5) is 0 Å². The lowest BCUT2D eigenvalue weighted by Crippen LogP contribution is -2.57. The van der Waals surface area contributed by atoms with E-state index in [1.54, 1.807) is 13.0 Å². The largest absolute Gasteiger partial charge is 0.458 e. The van der Waals surface area contributed by atoms with Crippen LogP contribution in [0.1, 0.15) is 41.0 Å². The van der Waals surface area contributed by atoms with E-state index in [1.165, 1.54) is 6.92 Å². The lowest BCUT2D eigenvalue weighted by atomic mass is 9.53. The van der Waals surface area contributed by atoms with Gasteiger partial charge in [-0.15, -0.1) is 0 Å². The first-order valence-electron chi connectivity index (χ1n) is 12.2. The second-order valence-corrected chi connectivity index (χ2v) is 12.4. The highest BCUT2D eigenvalue weighted by molar-refractivity contribution is 6.68. The quantitative estimate of drug-likeness (QED) is 0.211. The number of hydrogen-bond acceptors (Lipinski definition) is 6. The molecule has 0 bridgehead atoms. The van der Waals surface area contributed by atoms with Gasteiger partial charge in [0.05, 0.1) is 23.9 Å². The van der Waals surface area contributed by atoms with Gasteiger partial charge in [0.2, 0.25) is 4.33 Å². The Bertz CT molecular complexity index is 974. The second-order valence-electron chi connectivity index (χ2n) is 11.1. The summed E-state index contributed by atoms with van der Waals surface area (Å²) in [7, 11) is 0. The highest BCUT2D eigenvalue weighted by atomic mass is 35.5. The normalized spacial score (nSPS) is 53.7. The van der Waals surface area contributed by atoms with Crippen molar-refractivity contribution in [3.8, 4) is 0 Å². The molecule has 4 fully saturated rings. The average Bonchev–Trinajstić information content (AvgIpc) is 3.68. The Morgan fingerprint density at radius 1 is 0.941 bits per heavy atom. The number of cyclic esters (lactones) is 1. The smallest absolute Gasteiger partial charge is 0.316 e. The zero-order chi connectivity index (χ0) is 24.7. The summed E-state index contributed by atoms with van der Waals surface area (Å²) < 4.78 is 15.3. The number of Topliss-reactive ketones (excluding diaryl/α,β-unsaturated/α-hetero) is 2. The molecule has 8 heteroatoms. The summed E-state index contributed by atoms with van der Waals surface area (Å²) in [6, 6.07) is 0. The number of halogens is 2. The highest BCUT2D eigenvalue weighted by Gasteiger charge is 2.73. The third-order valence-electron chi connectivity index (χ3n) is 8.84. The minimum absolute atomic E-state index is 0.0207. The molecule has 12 atom stereocenters. The molecule has 4 unspecified atom stereocenters. The molecule has 6 nitrogen and oxygen atoms in total. The average molecular weight is 511 g/mol. The van der Waals surface area contributed by atoms with E-state index in [2.05, 4.69) is 20.8 Å². The summed E-state index contributed by atoms with van der Waals surface area (Å²) in [5, 5.41) is 0. The van der Waals surface area contributed by atoms with Crippen LogP contribution in [0.5, 0.6) is 0 Å². The van der Waals surface area contributed by atoms with Crippen molar-refractivity contribution >= 4 is 40.7 Å². The van der Waals surface area contributed by atoms with Crippen molar-refractivity contribution in [2.75, 3.05) is 0 Å². The molecule has 2 aliphatic carbocycles. The van der Waals surface area contributed by atoms with Crippen LogP contribution in [-0.2, 0) is 28.6 Å². The third kappa shape index (κ3) is 3.71. The van der Waals surface area contributed by atoms with Crippen LogP contribution in [-0.4, -0.2) is 51.9 Å². The second kappa shape index (κ2) is 8.16. The molecular formula is C26H32Cl2O6. The first kappa shape index (κ1) is 24.5. The van der Waals surface area contributed by atoms with Gasteiger partial charge in [0.1, 0.15) is 12.0 Å². The van der Waals surface area contributed by atoms with E-state index in [0.29, 0.717) is 0 Å². The summed E-state index contributed by atoms with van der Waals surface area (Å²) in [6.07, 6.45) is 7.78. The van der Waals surface area contributed by atoms with E-state index in [9.17, 15) is 14.4 Å². The van der Waals surface area contributed by atoms with Crippen molar-refractivity contribution in [1.29, 1.82) is 0 Å². The Balaban J connectivity index is 1.58. The maximum absolute atomic E-state index is 14.1. The van der Waals surface area contributed by atoms with E-state index in [-0.39, 0.29) is 53.5 Å². The van der Waals surface area contributed by atoms with Gasteiger partial charge in [0.15, 0.2) is 11.6 Å². The Labute approximate surface area is 210 Å². The van der Waals surface area contributed by atoms with Gasteiger partial charge in [0, 0.05) is 11.8 Å². The van der Waals surface area contributed by atoms with Crippen molar-refractivity contribution < 1.29 is 28.6 Å². The number of carbonyl (C=O) groups is 3. The van der Waals surface area contributed by atoms with Gasteiger partial charge in [-0.2, -0.15) is 0 Å². The maximum Gasteiger partial charge on any atom is 0.316 e. The number of rotatable bonds is 0. The number of ketones is 2. The van der Waals surface area contributed by atoms with Crippen LogP contribution in [0, 0.1) is 41.4 Å². The lowest BCUT2D eigenvalue weighted by molar-refractivity contribution is -0.154. The van der Waals surface area contributed by atoms with E-state index in [0.717, 1.165) is 6.42 Å². The lowest BCUT2D eigenvalue weighted by Gasteiger charge is -2.48. The number of hydrogen-bond donors (Lipinski definition) is 0. The Morgan fingerprint density at radius 2 is 1.62 bits per heavy atom. The molecule has 0 aromatic carbocycles. The minimum Gasteiger partial charge on any atom is -0.458 e. The number of esters is 1. The Hall–Kier alpha value is -1.21. The number of ether oxygens (including phenoxy) is 3. The zero-order valence-corrected chi connectivity index (χ0v) is 21.6. The number of carbonyl (C=O) groups excluding carboxylic acids is 3. The molecule has 0 radical (unpaired) electrons. The predicted octanol–water partition coefficient (Wildman–Crippen LogP) is 4.07. The van der Waals surface area contributed by atoms with Crippen molar-refractivity contribution in [3.63, 3.8) is 0 Å². The summed E-state index contributed by atoms with van der Waals surface area (Å²) in [5.41, 5.74) is -0.186. The molecule has 0 spiro atoms. The molecule has 3 heterocycles. The molecule has 0 amide bonds. The number of epoxide rings is 2. The standard InChI is InChI=1S/C26H32Cl2O6/c1-11-8-6-7-9-12(2)32-24(31)14(4)21(29)26(27,28)22(30)18-16(11)20-19(33-20)15-10-25(5)23(34-25)13(3)17(15)18/h6-9,11-20,23H,10H2,1-5H3/b8-6-,9-7+/t11-,12+,13+,14+,15-,16+,17?,18?,19?,20?,23+,25-/m1/s1. The number of allylic oxidation sites excluding steroid dienone is 3. The molecule has 3 aliphatic heterocycles. The van der Waals surface area contributed by atoms with E-state index in [4.69, 9.17) is 37.4 Å². The molecular weight excluding hydrogens is 479 g/mol. The molecule has 2 saturated carbocycles. The van der Waals surface area contributed by atoms with Crippen molar-refractivity contribution in [3.05, 3.63) is 24.3 Å². The van der Waals surface area contributed by atoms with Gasteiger partial charge in [-0.25, -0.2) is 0 Å². The van der Waals surface area contributed by atoms with E-state index >= 15 is 0 Å². The van der Waals surface area contributed by atoms with Gasteiger partial charge in [-0.05, 0) is 56.9 Å². The maximum atomic E-state index is 14.1. The predicted molar refractivity (Wildman–Crippen MR) is 126 cm³/mol. The molecule has 0 N–H and O–H groups in total. The summed E-state index contributed by atoms with van der Waals surface area (Å²) in [6.45, 7) is 9.38. The van der Waals surface area contributed by atoms with Gasteiger partial charge in [-0.1, -0.05) is 55.3 Å². The molecule has 5 aliphatic rings. The highest BCUT2D eigenvalue weighted by Crippen LogP contribution is 2.65. The van der Waals surface area contributed by atoms with Crippen molar-refractivity contribution in [1.82, 2.24) is 0 Å². The van der Waals surface area contributed by atoms with Crippen LogP contribution in [0.3, 0.4) is 0 Å². The molecule has 0 aromatic rings. The van der Waals surface area contributed by atoms with Crippen LogP contribution >= 0.6 is 23.2 Å². The fourth-order valence-corrected chi connectivity index (χ4v) is 7.64. The van der Waals surface area contributed by atoms with Gasteiger partial charge < -0.3 is 14.2 Å². The van der Waals surface area contributed by atoms with Crippen molar-refractivity contribution in [2.24, 2.45) is 41.4 Å². The molecule has 0 aromatic heterocycles. The third-order valence-corrected chi connectivity index (χ3v) is 9.58. The first-order valence-corrected chi connectivity index (χ1v) is 13.0. The summed E-state index contributed by atoms with van der Waals surface area (Å²) in [4.78, 5) is 40.0. The fourth-order valence-electron chi connectivity index (χ4n) is 7.06. The minimum atomic E-state index is -2.36. The van der Waals surface area contributed by atoms with E-state index in [1.807, 2.05) is 18.2 Å². The molecule has 186 valence electrons. The van der Waals surface area contributed by atoms with E-state index < -0.39 is 39.8 Å². The molecule has 5 rings (SSSR count). The van der Waals surface area contributed by atoms with Crippen LogP contribution < -0.4 is 0 Å². The van der Waals surface area contributed by atoms with Crippen LogP contribution in [0.2, 0.25) is 0 Å². The number of fused-ring (bicyclic) bond motifs is 7. The SMILES string of the molecule is C[C@@H]1C(=O)O[C@@H](C)/C=C/C=C\[C@@H](C)[C@@H]2C3OC3[C@@H]3C[C@@]4(C)O[C@H]4[C@@H](C)C3C2C(=O)C(Cl)(Cl)C1=O. The van der Waals surface area contributed by atoms with Crippen LogP contribution in [0.15, 0.2) is 24.3 Å². The first-order chi connectivity index (χ1) is 15.9. The van der Waals surface area contributed by atoms with Crippen LogP contribution in [0.25, 0.3) is 0 Å². The molecule has 2 saturated heterocycles. The van der Waals surface area contributed by atoms with Gasteiger partial charge in [-0.3, -0.25) is 14.4 Å². The van der Waals surface area contributed by atoms with Gasteiger partial charge in [0.25, 0.3) is 0 Å².